The molecule has 0 saturated heterocycles. The summed E-state index contributed by atoms with van der Waals surface area (Å²) in [4.78, 5) is 0.454. The third-order valence-corrected chi connectivity index (χ3v) is 1.48. The zero-order chi connectivity index (χ0) is 6.85. The summed E-state index contributed by atoms with van der Waals surface area (Å²) in [6.45, 7) is 4.69. The Morgan fingerprint density at radius 2 is 2.44 bits per heavy atom. The maximum Gasteiger partial charge on any atom is 0.297 e. The molecule has 0 atom stereocenters. The van der Waals surface area contributed by atoms with Gasteiger partial charge in [0, 0.05) is 6.54 Å². The van der Waals surface area contributed by atoms with Crippen molar-refractivity contribution in [2.45, 2.75) is 20.4 Å². The van der Waals surface area contributed by atoms with Crippen molar-refractivity contribution >= 4 is 12.2 Å². The van der Waals surface area contributed by atoms with E-state index in [0.29, 0.717) is 4.84 Å². The molecular weight excluding hydrogens is 136 g/mol. The zero-order valence-electron chi connectivity index (χ0n) is 5.42. The van der Waals surface area contributed by atoms with Crippen molar-refractivity contribution in [2.24, 2.45) is 0 Å². The number of hydrogen-bond donors (Lipinski definition) is 0. The van der Waals surface area contributed by atoms with Crippen LogP contribution in [0.5, 0.6) is 0 Å². The summed E-state index contributed by atoms with van der Waals surface area (Å²) in [6.07, 6.45) is 0. The Balaban J connectivity index is 3.23. The van der Waals surface area contributed by atoms with E-state index >= 15 is 0 Å². The van der Waals surface area contributed by atoms with Crippen LogP contribution in [0.1, 0.15) is 12.7 Å². The fourth-order valence-electron chi connectivity index (χ4n) is 0.694. The van der Waals surface area contributed by atoms with Crippen molar-refractivity contribution in [3.8, 4) is 0 Å². The molecule has 0 aliphatic rings. The molecule has 9 heavy (non-hydrogen) atoms. The van der Waals surface area contributed by atoms with Crippen LogP contribution in [-0.2, 0) is 6.54 Å². The summed E-state index contributed by atoms with van der Waals surface area (Å²) in [5.74, 6) is 0.836. The van der Waals surface area contributed by atoms with E-state index in [4.69, 9.17) is 16.7 Å². The maximum absolute atomic E-state index is 4.81. The van der Waals surface area contributed by atoms with Crippen molar-refractivity contribution < 1.29 is 4.52 Å². The summed E-state index contributed by atoms with van der Waals surface area (Å²) >= 11 is 4.81. The highest BCUT2D eigenvalue weighted by Gasteiger charge is 1.97. The standard InChI is InChI=1S/C5H8N2OS/c1-3-7-4(2)6-8-5(7)9/h3H2,1-2H3. The van der Waals surface area contributed by atoms with E-state index in [9.17, 15) is 0 Å². The molecule has 0 amide bonds. The molecule has 0 N–H and O–H groups in total. The molecule has 1 rings (SSSR count). The molecule has 0 spiro atoms. The maximum atomic E-state index is 4.81. The lowest BCUT2D eigenvalue weighted by Gasteiger charge is -1.91. The predicted octanol–water partition coefficient (Wildman–Crippen LogP) is 1.53. The summed E-state index contributed by atoms with van der Waals surface area (Å²) in [6, 6.07) is 0. The Kier molecular flexibility index (Phi) is 1.66. The molecule has 1 aromatic rings. The van der Waals surface area contributed by atoms with Gasteiger partial charge in [-0.15, -0.1) is 0 Å². The molecule has 0 unspecified atom stereocenters. The minimum atomic E-state index is 0.454. The lowest BCUT2D eigenvalue weighted by molar-refractivity contribution is 0.394. The summed E-state index contributed by atoms with van der Waals surface area (Å²) in [5.41, 5.74) is 0. The molecular formula is C5H8N2OS. The Bertz CT molecular complexity index is 250. The fraction of sp³-hybridized carbons (Fsp3) is 0.600. The van der Waals surface area contributed by atoms with E-state index in [1.54, 1.807) is 0 Å². The van der Waals surface area contributed by atoms with Crippen molar-refractivity contribution in [3.63, 3.8) is 0 Å². The molecule has 50 valence electrons. The molecule has 0 radical (unpaired) electrons. The van der Waals surface area contributed by atoms with Gasteiger partial charge in [-0.25, -0.2) is 0 Å². The van der Waals surface area contributed by atoms with E-state index in [1.807, 2.05) is 18.4 Å². The average Bonchev–Trinajstić information content (AvgIpc) is 2.12. The van der Waals surface area contributed by atoms with Gasteiger partial charge in [-0.05, 0) is 26.1 Å². The van der Waals surface area contributed by atoms with Crippen LogP contribution in [0.2, 0.25) is 0 Å². The topological polar surface area (TPSA) is 31.0 Å². The second-order valence-corrected chi connectivity index (χ2v) is 2.09. The lowest BCUT2D eigenvalue weighted by Crippen LogP contribution is -1.95. The third kappa shape index (κ3) is 1.03. The second kappa shape index (κ2) is 2.31. The van der Waals surface area contributed by atoms with Gasteiger partial charge in [0.25, 0.3) is 4.84 Å². The lowest BCUT2D eigenvalue weighted by atomic mass is 10.6. The molecule has 0 aliphatic carbocycles. The molecule has 0 bridgehead atoms. The largest absolute Gasteiger partial charge is 0.324 e. The van der Waals surface area contributed by atoms with Crippen LogP contribution in [0, 0.1) is 11.8 Å². The molecule has 0 aliphatic heterocycles. The smallest absolute Gasteiger partial charge is 0.297 e. The predicted molar refractivity (Wildman–Crippen MR) is 35.7 cm³/mol. The minimum absolute atomic E-state index is 0.454. The molecule has 1 aromatic heterocycles. The highest BCUT2D eigenvalue weighted by molar-refractivity contribution is 7.71. The summed E-state index contributed by atoms with van der Waals surface area (Å²) < 4.78 is 6.54. The number of aryl methyl sites for hydroxylation is 1. The van der Waals surface area contributed by atoms with Crippen LogP contribution in [0.4, 0.5) is 0 Å². The van der Waals surface area contributed by atoms with Gasteiger partial charge in [0.1, 0.15) is 5.82 Å². The van der Waals surface area contributed by atoms with Gasteiger partial charge < -0.3 is 4.52 Å². The van der Waals surface area contributed by atoms with E-state index in [-0.39, 0.29) is 0 Å². The van der Waals surface area contributed by atoms with Crippen LogP contribution in [-0.4, -0.2) is 9.72 Å². The molecule has 0 fully saturated rings. The Morgan fingerprint density at radius 3 is 2.67 bits per heavy atom. The Morgan fingerprint density at radius 1 is 1.78 bits per heavy atom. The molecule has 0 saturated carbocycles. The minimum Gasteiger partial charge on any atom is -0.324 e. The Hall–Kier alpha value is -0.640. The van der Waals surface area contributed by atoms with Gasteiger partial charge >= 0.3 is 0 Å². The van der Waals surface area contributed by atoms with Crippen LogP contribution >= 0.6 is 12.2 Å². The number of hydrogen-bond acceptors (Lipinski definition) is 3. The molecule has 1 heterocycles. The van der Waals surface area contributed by atoms with Crippen LogP contribution in [0.25, 0.3) is 0 Å². The van der Waals surface area contributed by atoms with Crippen LogP contribution < -0.4 is 0 Å². The molecule has 4 heteroatoms. The first-order valence-corrected chi connectivity index (χ1v) is 3.19. The summed E-state index contributed by atoms with van der Waals surface area (Å²) in [5, 5.41) is 3.67. The second-order valence-electron chi connectivity index (χ2n) is 1.74. The van der Waals surface area contributed by atoms with Gasteiger partial charge in [-0.3, -0.25) is 4.57 Å². The van der Waals surface area contributed by atoms with E-state index in [2.05, 4.69) is 5.16 Å². The highest BCUT2D eigenvalue weighted by atomic mass is 32.1. The first-order valence-electron chi connectivity index (χ1n) is 2.78. The quantitative estimate of drug-likeness (QED) is 0.560. The molecule has 0 aromatic carbocycles. The van der Waals surface area contributed by atoms with Gasteiger partial charge in [-0.2, -0.15) is 0 Å². The number of nitrogens with zero attached hydrogens (tertiary/aromatic N) is 2. The Labute approximate surface area is 58.3 Å². The van der Waals surface area contributed by atoms with Crippen molar-refractivity contribution in [1.82, 2.24) is 9.72 Å². The van der Waals surface area contributed by atoms with Gasteiger partial charge in [0.2, 0.25) is 0 Å². The third-order valence-electron chi connectivity index (χ3n) is 1.18. The van der Waals surface area contributed by atoms with E-state index in [0.717, 1.165) is 12.4 Å². The normalized spacial score (nSPS) is 10.0. The zero-order valence-corrected chi connectivity index (χ0v) is 6.23. The number of rotatable bonds is 1. The highest BCUT2D eigenvalue weighted by Crippen LogP contribution is 1.96. The van der Waals surface area contributed by atoms with Crippen LogP contribution in [0.3, 0.4) is 0 Å². The van der Waals surface area contributed by atoms with Gasteiger partial charge in [-0.1, -0.05) is 5.16 Å². The van der Waals surface area contributed by atoms with E-state index in [1.165, 1.54) is 0 Å². The van der Waals surface area contributed by atoms with Crippen molar-refractivity contribution in [2.75, 3.05) is 0 Å². The fourth-order valence-corrected chi connectivity index (χ4v) is 0.992. The number of aromatic nitrogens is 2. The van der Waals surface area contributed by atoms with E-state index < -0.39 is 0 Å². The first kappa shape index (κ1) is 6.48. The van der Waals surface area contributed by atoms with Crippen molar-refractivity contribution in [3.05, 3.63) is 10.7 Å². The van der Waals surface area contributed by atoms with Crippen LogP contribution in [0.15, 0.2) is 4.52 Å². The van der Waals surface area contributed by atoms with Gasteiger partial charge in [0.05, 0.1) is 0 Å². The summed E-state index contributed by atoms with van der Waals surface area (Å²) in [7, 11) is 0. The van der Waals surface area contributed by atoms with Crippen molar-refractivity contribution in [1.29, 1.82) is 0 Å². The molecule has 3 nitrogen and oxygen atoms in total. The monoisotopic (exact) mass is 144 g/mol. The first-order chi connectivity index (χ1) is 4.25. The SMILES string of the molecule is CCn1c(C)noc1=S. The van der Waals surface area contributed by atoms with Gasteiger partial charge in [0.15, 0.2) is 0 Å². The average molecular weight is 144 g/mol.